The summed E-state index contributed by atoms with van der Waals surface area (Å²) in [5, 5.41) is 2.95. The molecule has 4 heteroatoms. The van der Waals surface area contributed by atoms with Crippen LogP contribution in [0.2, 0.25) is 0 Å². The summed E-state index contributed by atoms with van der Waals surface area (Å²) in [5.41, 5.74) is 1.59. The number of nitrogens with one attached hydrogen (secondary N) is 1. The maximum absolute atomic E-state index is 12.2. The minimum Gasteiger partial charge on any atom is -0.326 e. The standard InChI is InChI=1S/C17H26N2O2/c1-5-7-8-14(6-2)17(21)18-15-9-11-16(12-10-15)19(4)13(3)20/h9-12,14H,5-8H2,1-4H3,(H,18,21). The number of unbranched alkanes of at least 4 members (excludes halogenated alkanes) is 1. The van der Waals surface area contributed by atoms with Gasteiger partial charge < -0.3 is 10.2 Å². The van der Waals surface area contributed by atoms with Crippen LogP contribution in [0.15, 0.2) is 24.3 Å². The van der Waals surface area contributed by atoms with Crippen molar-refractivity contribution in [3.63, 3.8) is 0 Å². The van der Waals surface area contributed by atoms with Gasteiger partial charge in [-0.2, -0.15) is 0 Å². The lowest BCUT2D eigenvalue weighted by molar-refractivity contribution is -0.120. The fourth-order valence-electron chi connectivity index (χ4n) is 2.17. The second kappa shape index (κ2) is 8.45. The Hall–Kier alpha value is -1.84. The van der Waals surface area contributed by atoms with Gasteiger partial charge in [0.25, 0.3) is 0 Å². The zero-order valence-corrected chi connectivity index (χ0v) is 13.5. The highest BCUT2D eigenvalue weighted by Gasteiger charge is 2.16. The van der Waals surface area contributed by atoms with Crippen molar-refractivity contribution in [3.05, 3.63) is 24.3 Å². The van der Waals surface area contributed by atoms with E-state index < -0.39 is 0 Å². The summed E-state index contributed by atoms with van der Waals surface area (Å²) >= 11 is 0. The summed E-state index contributed by atoms with van der Waals surface area (Å²) in [7, 11) is 1.73. The monoisotopic (exact) mass is 290 g/mol. The van der Waals surface area contributed by atoms with Gasteiger partial charge in [0.15, 0.2) is 0 Å². The molecule has 2 amide bonds. The van der Waals surface area contributed by atoms with Gasteiger partial charge in [-0.25, -0.2) is 0 Å². The Morgan fingerprint density at radius 1 is 1.19 bits per heavy atom. The molecule has 0 heterocycles. The SMILES string of the molecule is CCCCC(CC)C(=O)Nc1ccc(N(C)C(C)=O)cc1. The first-order valence-electron chi connectivity index (χ1n) is 7.64. The van der Waals surface area contributed by atoms with E-state index in [4.69, 9.17) is 0 Å². The van der Waals surface area contributed by atoms with Crippen molar-refractivity contribution in [2.45, 2.75) is 46.5 Å². The Bertz CT molecular complexity index is 468. The third kappa shape index (κ3) is 5.21. The summed E-state index contributed by atoms with van der Waals surface area (Å²) in [6, 6.07) is 7.34. The Morgan fingerprint density at radius 3 is 2.29 bits per heavy atom. The van der Waals surface area contributed by atoms with Gasteiger partial charge in [-0.1, -0.05) is 26.7 Å². The minimum atomic E-state index is -0.0163. The fraction of sp³-hybridized carbons (Fsp3) is 0.529. The van der Waals surface area contributed by atoms with E-state index in [1.54, 1.807) is 11.9 Å². The quantitative estimate of drug-likeness (QED) is 0.829. The van der Waals surface area contributed by atoms with Gasteiger partial charge in [0, 0.05) is 31.3 Å². The number of rotatable bonds is 7. The third-order valence-electron chi connectivity index (χ3n) is 3.76. The highest BCUT2D eigenvalue weighted by molar-refractivity contribution is 5.94. The number of hydrogen-bond acceptors (Lipinski definition) is 2. The molecule has 0 bridgehead atoms. The van der Waals surface area contributed by atoms with Crippen molar-refractivity contribution in [3.8, 4) is 0 Å². The second-order valence-corrected chi connectivity index (χ2v) is 5.36. The molecule has 0 aliphatic carbocycles. The van der Waals surface area contributed by atoms with E-state index in [1.165, 1.54) is 6.92 Å². The molecule has 0 aliphatic rings. The maximum atomic E-state index is 12.2. The normalized spacial score (nSPS) is 11.8. The summed E-state index contributed by atoms with van der Waals surface area (Å²) in [6.45, 7) is 5.70. The van der Waals surface area contributed by atoms with Crippen molar-refractivity contribution >= 4 is 23.2 Å². The molecular formula is C17H26N2O2. The summed E-state index contributed by atoms with van der Waals surface area (Å²) in [5.74, 6) is 0.139. The Labute approximate surface area is 127 Å². The van der Waals surface area contributed by atoms with Crippen LogP contribution in [-0.2, 0) is 9.59 Å². The largest absolute Gasteiger partial charge is 0.326 e. The Kier molecular flexibility index (Phi) is 6.92. The number of anilines is 2. The molecule has 21 heavy (non-hydrogen) atoms. The number of amides is 2. The van der Waals surface area contributed by atoms with Gasteiger partial charge in [-0.05, 0) is 37.1 Å². The molecule has 0 spiro atoms. The molecule has 0 aliphatic heterocycles. The highest BCUT2D eigenvalue weighted by Crippen LogP contribution is 2.19. The van der Waals surface area contributed by atoms with Crippen molar-refractivity contribution in [2.24, 2.45) is 5.92 Å². The maximum Gasteiger partial charge on any atom is 0.227 e. The minimum absolute atomic E-state index is 0.0163. The number of carbonyl (C=O) groups excluding carboxylic acids is 2. The van der Waals surface area contributed by atoms with Crippen LogP contribution in [0.3, 0.4) is 0 Å². The van der Waals surface area contributed by atoms with Gasteiger partial charge in [0.1, 0.15) is 0 Å². The molecule has 1 aromatic rings. The van der Waals surface area contributed by atoms with Crippen LogP contribution in [0.1, 0.15) is 46.5 Å². The average Bonchev–Trinajstić information content (AvgIpc) is 2.48. The van der Waals surface area contributed by atoms with Crippen LogP contribution in [0.5, 0.6) is 0 Å². The molecule has 0 saturated carbocycles. The van der Waals surface area contributed by atoms with E-state index in [2.05, 4.69) is 12.2 Å². The summed E-state index contributed by atoms with van der Waals surface area (Å²) in [4.78, 5) is 25.1. The third-order valence-corrected chi connectivity index (χ3v) is 3.76. The van der Waals surface area contributed by atoms with Crippen molar-refractivity contribution in [1.29, 1.82) is 0 Å². The van der Waals surface area contributed by atoms with Gasteiger partial charge in [0.2, 0.25) is 11.8 Å². The molecule has 0 saturated heterocycles. The van der Waals surface area contributed by atoms with Gasteiger partial charge in [0.05, 0.1) is 0 Å². The zero-order chi connectivity index (χ0) is 15.8. The first kappa shape index (κ1) is 17.2. The van der Waals surface area contributed by atoms with Crippen LogP contribution < -0.4 is 10.2 Å². The lowest BCUT2D eigenvalue weighted by Crippen LogP contribution is -2.23. The predicted octanol–water partition coefficient (Wildman–Crippen LogP) is 3.82. The summed E-state index contributed by atoms with van der Waals surface area (Å²) in [6.07, 6.45) is 3.98. The number of benzene rings is 1. The van der Waals surface area contributed by atoms with Crippen molar-refractivity contribution < 1.29 is 9.59 Å². The summed E-state index contributed by atoms with van der Waals surface area (Å²) < 4.78 is 0. The number of carbonyl (C=O) groups is 2. The van der Waals surface area contributed by atoms with Gasteiger partial charge >= 0.3 is 0 Å². The lowest BCUT2D eigenvalue weighted by Gasteiger charge is -2.17. The molecule has 1 N–H and O–H groups in total. The van der Waals surface area contributed by atoms with E-state index in [0.717, 1.165) is 37.1 Å². The van der Waals surface area contributed by atoms with Crippen molar-refractivity contribution in [2.75, 3.05) is 17.3 Å². The molecule has 4 nitrogen and oxygen atoms in total. The lowest BCUT2D eigenvalue weighted by atomic mass is 9.98. The average molecular weight is 290 g/mol. The second-order valence-electron chi connectivity index (χ2n) is 5.36. The van der Waals surface area contributed by atoms with Gasteiger partial charge in [-0.3, -0.25) is 9.59 Å². The van der Waals surface area contributed by atoms with Crippen LogP contribution in [0.25, 0.3) is 0 Å². The molecule has 1 aromatic carbocycles. The molecule has 1 atom stereocenters. The molecule has 1 unspecified atom stereocenters. The molecule has 0 aromatic heterocycles. The van der Waals surface area contributed by atoms with Crippen LogP contribution in [0.4, 0.5) is 11.4 Å². The predicted molar refractivity (Wildman–Crippen MR) is 87.5 cm³/mol. The Balaban J connectivity index is 2.66. The van der Waals surface area contributed by atoms with Crippen LogP contribution in [0, 0.1) is 5.92 Å². The van der Waals surface area contributed by atoms with E-state index in [1.807, 2.05) is 31.2 Å². The topological polar surface area (TPSA) is 49.4 Å². The van der Waals surface area contributed by atoms with Crippen LogP contribution >= 0.6 is 0 Å². The number of nitrogens with zero attached hydrogens (tertiary/aromatic N) is 1. The van der Waals surface area contributed by atoms with E-state index in [-0.39, 0.29) is 17.7 Å². The first-order valence-corrected chi connectivity index (χ1v) is 7.64. The smallest absolute Gasteiger partial charge is 0.227 e. The van der Waals surface area contributed by atoms with Gasteiger partial charge in [-0.15, -0.1) is 0 Å². The van der Waals surface area contributed by atoms with Crippen LogP contribution in [-0.4, -0.2) is 18.9 Å². The Morgan fingerprint density at radius 2 is 1.81 bits per heavy atom. The van der Waals surface area contributed by atoms with Crippen molar-refractivity contribution in [1.82, 2.24) is 0 Å². The molecular weight excluding hydrogens is 264 g/mol. The molecule has 0 radical (unpaired) electrons. The van der Waals surface area contributed by atoms with E-state index in [9.17, 15) is 9.59 Å². The molecule has 116 valence electrons. The van der Waals surface area contributed by atoms with E-state index in [0.29, 0.717) is 0 Å². The highest BCUT2D eigenvalue weighted by atomic mass is 16.2. The molecule has 1 rings (SSSR count). The number of hydrogen-bond donors (Lipinski definition) is 1. The van der Waals surface area contributed by atoms with E-state index >= 15 is 0 Å². The first-order chi connectivity index (χ1) is 9.99. The fourth-order valence-corrected chi connectivity index (χ4v) is 2.17. The molecule has 0 fully saturated rings. The zero-order valence-electron chi connectivity index (χ0n) is 13.5.